The van der Waals surface area contributed by atoms with Crippen molar-refractivity contribution in [2.75, 3.05) is 10.6 Å². The lowest BCUT2D eigenvalue weighted by atomic mass is 10.2. The van der Waals surface area contributed by atoms with E-state index < -0.39 is 0 Å². The van der Waals surface area contributed by atoms with Crippen LogP contribution in [0.5, 0.6) is 0 Å². The third-order valence-electron chi connectivity index (χ3n) is 2.75. The van der Waals surface area contributed by atoms with E-state index in [0.29, 0.717) is 30.6 Å². The van der Waals surface area contributed by atoms with Crippen LogP contribution in [-0.2, 0) is 14.4 Å². The van der Waals surface area contributed by atoms with Gasteiger partial charge in [0.25, 0.3) is 0 Å². The molecule has 0 heterocycles. The third kappa shape index (κ3) is 7.42. The van der Waals surface area contributed by atoms with Crippen LogP contribution in [0.3, 0.4) is 0 Å². The van der Waals surface area contributed by atoms with E-state index in [4.69, 9.17) is 0 Å². The molecule has 0 bridgehead atoms. The molecule has 1 aromatic carbocycles. The lowest BCUT2D eigenvalue weighted by Gasteiger charge is -2.09. The van der Waals surface area contributed by atoms with Crippen molar-refractivity contribution in [3.05, 3.63) is 24.3 Å². The highest BCUT2D eigenvalue weighted by Gasteiger charge is 2.06. The first-order valence-corrected chi connectivity index (χ1v) is 7.33. The Kier molecular flexibility index (Phi) is 7.08. The van der Waals surface area contributed by atoms with E-state index in [2.05, 4.69) is 16.0 Å². The Labute approximate surface area is 130 Å². The summed E-state index contributed by atoms with van der Waals surface area (Å²) < 4.78 is 0. The zero-order valence-corrected chi connectivity index (χ0v) is 13.2. The van der Waals surface area contributed by atoms with Gasteiger partial charge in [-0.1, -0.05) is 0 Å². The first-order valence-electron chi connectivity index (χ1n) is 7.33. The maximum absolute atomic E-state index is 11.8. The molecule has 0 atom stereocenters. The number of benzene rings is 1. The number of carbonyl (C=O) groups excluding carboxylic acids is 3. The molecule has 1 rings (SSSR count). The van der Waals surface area contributed by atoms with Gasteiger partial charge in [0.2, 0.25) is 17.7 Å². The molecule has 6 nitrogen and oxygen atoms in total. The molecule has 0 saturated carbocycles. The fraction of sp³-hybridized carbons (Fsp3) is 0.438. The average Bonchev–Trinajstić information content (AvgIpc) is 2.39. The average molecular weight is 305 g/mol. The molecule has 0 fully saturated rings. The second-order valence-electron chi connectivity index (χ2n) is 5.38. The summed E-state index contributed by atoms with van der Waals surface area (Å²) in [7, 11) is 0. The van der Waals surface area contributed by atoms with Crippen molar-refractivity contribution in [1.29, 1.82) is 0 Å². The summed E-state index contributed by atoms with van der Waals surface area (Å²) >= 11 is 0. The summed E-state index contributed by atoms with van der Waals surface area (Å²) in [6.45, 7) is 5.23. The number of hydrogen-bond donors (Lipinski definition) is 3. The van der Waals surface area contributed by atoms with Crippen LogP contribution >= 0.6 is 0 Å². The van der Waals surface area contributed by atoms with Gasteiger partial charge in [0.1, 0.15) is 0 Å². The molecular weight excluding hydrogens is 282 g/mol. The molecule has 0 aromatic heterocycles. The van der Waals surface area contributed by atoms with Gasteiger partial charge in [-0.05, 0) is 44.5 Å². The van der Waals surface area contributed by atoms with Gasteiger partial charge < -0.3 is 16.0 Å². The van der Waals surface area contributed by atoms with Crippen molar-refractivity contribution < 1.29 is 14.4 Å². The molecule has 3 N–H and O–H groups in total. The van der Waals surface area contributed by atoms with Crippen LogP contribution in [0.25, 0.3) is 0 Å². The van der Waals surface area contributed by atoms with E-state index in [1.807, 2.05) is 13.8 Å². The zero-order valence-electron chi connectivity index (χ0n) is 13.2. The van der Waals surface area contributed by atoms with Gasteiger partial charge >= 0.3 is 0 Å². The molecule has 0 aliphatic rings. The van der Waals surface area contributed by atoms with Gasteiger partial charge in [-0.3, -0.25) is 14.4 Å². The van der Waals surface area contributed by atoms with Gasteiger partial charge in [-0.25, -0.2) is 0 Å². The minimum absolute atomic E-state index is 0.0394. The Bertz CT molecular complexity index is 524. The first kappa shape index (κ1) is 17.7. The molecule has 22 heavy (non-hydrogen) atoms. The number of rotatable bonds is 7. The van der Waals surface area contributed by atoms with Crippen LogP contribution in [-0.4, -0.2) is 23.8 Å². The number of hydrogen-bond acceptors (Lipinski definition) is 3. The van der Waals surface area contributed by atoms with E-state index in [0.717, 1.165) is 0 Å². The maximum atomic E-state index is 11.8. The van der Waals surface area contributed by atoms with Crippen LogP contribution in [0.15, 0.2) is 24.3 Å². The Morgan fingerprint density at radius 3 is 1.91 bits per heavy atom. The second-order valence-corrected chi connectivity index (χ2v) is 5.38. The molecule has 0 radical (unpaired) electrons. The van der Waals surface area contributed by atoms with Crippen molar-refractivity contribution in [3.8, 4) is 0 Å². The van der Waals surface area contributed by atoms with Crippen LogP contribution in [0.2, 0.25) is 0 Å². The van der Waals surface area contributed by atoms with Gasteiger partial charge in [0.15, 0.2) is 0 Å². The van der Waals surface area contributed by atoms with E-state index in [1.54, 1.807) is 24.3 Å². The monoisotopic (exact) mass is 305 g/mol. The summed E-state index contributed by atoms with van der Waals surface area (Å²) in [6, 6.07) is 6.98. The van der Waals surface area contributed by atoms with E-state index in [9.17, 15) is 14.4 Å². The van der Waals surface area contributed by atoms with Gasteiger partial charge in [-0.15, -0.1) is 0 Å². The predicted octanol–water partition coefficient (Wildman–Crippen LogP) is 2.28. The van der Waals surface area contributed by atoms with Crippen molar-refractivity contribution in [2.24, 2.45) is 0 Å². The van der Waals surface area contributed by atoms with Crippen molar-refractivity contribution in [3.63, 3.8) is 0 Å². The van der Waals surface area contributed by atoms with Crippen LogP contribution in [0, 0.1) is 0 Å². The summed E-state index contributed by atoms with van der Waals surface area (Å²) in [5, 5.41) is 8.19. The molecule has 0 aliphatic heterocycles. The van der Waals surface area contributed by atoms with Crippen LogP contribution in [0.4, 0.5) is 11.4 Å². The lowest BCUT2D eigenvalue weighted by molar-refractivity contribution is -0.122. The van der Waals surface area contributed by atoms with E-state index in [-0.39, 0.29) is 23.8 Å². The van der Waals surface area contributed by atoms with Gasteiger partial charge in [0.05, 0.1) is 0 Å². The van der Waals surface area contributed by atoms with E-state index >= 15 is 0 Å². The molecule has 120 valence electrons. The Balaban J connectivity index is 2.33. The number of carbonyl (C=O) groups is 3. The van der Waals surface area contributed by atoms with Crippen molar-refractivity contribution >= 4 is 29.1 Å². The number of amides is 3. The summed E-state index contributed by atoms with van der Waals surface area (Å²) in [5.74, 6) is -0.316. The topological polar surface area (TPSA) is 87.3 Å². The molecule has 3 amide bonds. The zero-order chi connectivity index (χ0) is 16.5. The summed E-state index contributed by atoms with van der Waals surface area (Å²) in [6.07, 6.45) is 1.14. The third-order valence-corrected chi connectivity index (χ3v) is 2.75. The first-order chi connectivity index (χ1) is 10.4. The molecule has 6 heteroatoms. The van der Waals surface area contributed by atoms with Crippen molar-refractivity contribution in [2.45, 2.75) is 46.1 Å². The second kappa shape index (κ2) is 8.81. The van der Waals surface area contributed by atoms with Gasteiger partial charge in [0, 0.05) is 37.2 Å². The Hall–Kier alpha value is -2.37. The fourth-order valence-corrected chi connectivity index (χ4v) is 1.87. The summed E-state index contributed by atoms with van der Waals surface area (Å²) in [4.78, 5) is 34.1. The Morgan fingerprint density at radius 2 is 1.41 bits per heavy atom. The standard InChI is InChI=1S/C16H23N3O3/c1-11(2)17-15(21)5-4-6-16(22)19-14-9-7-13(8-10-14)18-12(3)20/h7-11H,4-6H2,1-3H3,(H,17,21)(H,18,20)(H,19,22). The molecule has 0 unspecified atom stereocenters. The minimum atomic E-state index is -0.142. The molecule has 0 spiro atoms. The minimum Gasteiger partial charge on any atom is -0.354 e. The summed E-state index contributed by atoms with van der Waals surface area (Å²) in [5.41, 5.74) is 1.33. The highest BCUT2D eigenvalue weighted by molar-refractivity contribution is 5.92. The fourth-order valence-electron chi connectivity index (χ4n) is 1.87. The van der Waals surface area contributed by atoms with Crippen molar-refractivity contribution in [1.82, 2.24) is 5.32 Å². The highest BCUT2D eigenvalue weighted by atomic mass is 16.2. The van der Waals surface area contributed by atoms with Crippen LogP contribution < -0.4 is 16.0 Å². The molecule has 0 aliphatic carbocycles. The SMILES string of the molecule is CC(=O)Nc1ccc(NC(=O)CCCC(=O)NC(C)C)cc1. The van der Waals surface area contributed by atoms with Crippen LogP contribution in [0.1, 0.15) is 40.0 Å². The number of anilines is 2. The molecule has 0 saturated heterocycles. The molecular formula is C16H23N3O3. The number of nitrogens with one attached hydrogen (secondary N) is 3. The van der Waals surface area contributed by atoms with E-state index in [1.165, 1.54) is 6.92 Å². The smallest absolute Gasteiger partial charge is 0.224 e. The predicted molar refractivity (Wildman–Crippen MR) is 86.5 cm³/mol. The molecule has 1 aromatic rings. The van der Waals surface area contributed by atoms with Gasteiger partial charge in [-0.2, -0.15) is 0 Å². The lowest BCUT2D eigenvalue weighted by Crippen LogP contribution is -2.30. The quantitative estimate of drug-likeness (QED) is 0.722. The highest BCUT2D eigenvalue weighted by Crippen LogP contribution is 2.14. The Morgan fingerprint density at radius 1 is 0.909 bits per heavy atom. The largest absolute Gasteiger partial charge is 0.354 e. The normalized spacial score (nSPS) is 10.2. The maximum Gasteiger partial charge on any atom is 0.224 e.